The predicted octanol–water partition coefficient (Wildman–Crippen LogP) is 2.99. The summed E-state index contributed by atoms with van der Waals surface area (Å²) in [4.78, 5) is 1.98. The minimum absolute atomic E-state index is 0.296. The van der Waals surface area contributed by atoms with Gasteiger partial charge in [-0.1, -0.05) is 19.9 Å². The van der Waals surface area contributed by atoms with Gasteiger partial charge in [0, 0.05) is 20.2 Å². The van der Waals surface area contributed by atoms with Gasteiger partial charge in [0.15, 0.2) is 0 Å². The van der Waals surface area contributed by atoms with Gasteiger partial charge in [0.1, 0.15) is 5.82 Å². The van der Waals surface area contributed by atoms with Crippen LogP contribution in [-0.4, -0.2) is 31.9 Å². The number of aliphatic hydroxyl groups is 1. The molecule has 0 radical (unpaired) electrons. The average molecular weight is 269 g/mol. The highest BCUT2D eigenvalue weighted by Gasteiger charge is 2.14. The van der Waals surface area contributed by atoms with Gasteiger partial charge in [0.25, 0.3) is 0 Å². The van der Waals surface area contributed by atoms with Gasteiger partial charge in [-0.2, -0.15) is 0 Å². The second kappa shape index (κ2) is 7.46. The SMILES string of the molecule is COCCN(CC(C)C)c1ccc(C(C)O)cc1F. The van der Waals surface area contributed by atoms with Crippen molar-refractivity contribution >= 4 is 5.69 Å². The number of hydrogen-bond acceptors (Lipinski definition) is 3. The number of ether oxygens (including phenoxy) is 1. The third kappa shape index (κ3) is 4.80. The van der Waals surface area contributed by atoms with Gasteiger partial charge in [-0.3, -0.25) is 0 Å². The highest BCUT2D eigenvalue weighted by Crippen LogP contribution is 2.24. The van der Waals surface area contributed by atoms with Gasteiger partial charge in [0.2, 0.25) is 0 Å². The first-order valence-corrected chi connectivity index (χ1v) is 6.67. The summed E-state index contributed by atoms with van der Waals surface area (Å²) < 4.78 is 19.2. The van der Waals surface area contributed by atoms with Crippen molar-refractivity contribution in [3.63, 3.8) is 0 Å². The molecule has 4 heteroatoms. The molecule has 0 bridgehead atoms. The van der Waals surface area contributed by atoms with Crippen LogP contribution in [0.1, 0.15) is 32.4 Å². The van der Waals surface area contributed by atoms with Crippen molar-refractivity contribution in [2.24, 2.45) is 5.92 Å². The summed E-state index contributed by atoms with van der Waals surface area (Å²) in [6, 6.07) is 4.90. The highest BCUT2D eigenvalue weighted by molar-refractivity contribution is 5.49. The molecule has 1 atom stereocenters. The van der Waals surface area contributed by atoms with Crippen LogP contribution in [-0.2, 0) is 4.74 Å². The van der Waals surface area contributed by atoms with E-state index < -0.39 is 6.10 Å². The Morgan fingerprint density at radius 1 is 1.32 bits per heavy atom. The molecule has 0 aliphatic carbocycles. The molecule has 19 heavy (non-hydrogen) atoms. The maximum Gasteiger partial charge on any atom is 0.146 e. The van der Waals surface area contributed by atoms with Gasteiger partial charge < -0.3 is 14.7 Å². The van der Waals surface area contributed by atoms with Crippen LogP contribution in [0, 0.1) is 11.7 Å². The lowest BCUT2D eigenvalue weighted by Gasteiger charge is -2.27. The summed E-state index contributed by atoms with van der Waals surface area (Å²) in [5, 5.41) is 9.46. The standard InChI is InChI=1S/C15H24FNO2/c1-11(2)10-17(7-8-19-4)15-6-5-13(12(3)18)9-14(15)16/h5-6,9,11-12,18H,7-8,10H2,1-4H3. The molecule has 0 saturated heterocycles. The van der Waals surface area contributed by atoms with Crippen LogP contribution in [0.2, 0.25) is 0 Å². The van der Waals surface area contributed by atoms with E-state index in [0.29, 0.717) is 30.3 Å². The number of hydrogen-bond donors (Lipinski definition) is 1. The van der Waals surface area contributed by atoms with E-state index in [9.17, 15) is 9.50 Å². The third-order valence-corrected chi connectivity index (χ3v) is 2.95. The number of nitrogens with zero attached hydrogens (tertiary/aromatic N) is 1. The summed E-state index contributed by atoms with van der Waals surface area (Å²) in [5.74, 6) is 0.142. The fourth-order valence-electron chi connectivity index (χ4n) is 1.99. The van der Waals surface area contributed by atoms with E-state index >= 15 is 0 Å². The number of rotatable bonds is 7. The lowest BCUT2D eigenvalue weighted by atomic mass is 10.1. The van der Waals surface area contributed by atoms with E-state index in [1.165, 1.54) is 6.07 Å². The molecule has 108 valence electrons. The monoisotopic (exact) mass is 269 g/mol. The summed E-state index contributed by atoms with van der Waals surface area (Å²) in [7, 11) is 1.64. The molecule has 0 aliphatic heterocycles. The van der Waals surface area contributed by atoms with Crippen LogP contribution in [0.5, 0.6) is 0 Å². The minimum Gasteiger partial charge on any atom is -0.389 e. The van der Waals surface area contributed by atoms with Crippen LogP contribution in [0.15, 0.2) is 18.2 Å². The van der Waals surface area contributed by atoms with Crippen molar-refractivity contribution in [2.45, 2.75) is 26.9 Å². The zero-order valence-electron chi connectivity index (χ0n) is 12.2. The predicted molar refractivity (Wildman–Crippen MR) is 76.0 cm³/mol. The topological polar surface area (TPSA) is 32.7 Å². The van der Waals surface area contributed by atoms with E-state index in [1.54, 1.807) is 26.2 Å². The Kier molecular flexibility index (Phi) is 6.25. The van der Waals surface area contributed by atoms with Crippen molar-refractivity contribution in [1.82, 2.24) is 0 Å². The van der Waals surface area contributed by atoms with E-state index in [2.05, 4.69) is 13.8 Å². The van der Waals surface area contributed by atoms with Crippen LogP contribution in [0.4, 0.5) is 10.1 Å². The zero-order valence-corrected chi connectivity index (χ0v) is 12.2. The maximum absolute atomic E-state index is 14.1. The summed E-state index contributed by atoms with van der Waals surface area (Å²) in [5.41, 5.74) is 1.16. The van der Waals surface area contributed by atoms with Gasteiger partial charge in [-0.15, -0.1) is 0 Å². The third-order valence-electron chi connectivity index (χ3n) is 2.95. The molecule has 0 saturated carbocycles. The lowest BCUT2D eigenvalue weighted by molar-refractivity contribution is 0.198. The molecule has 1 aromatic carbocycles. The molecule has 0 heterocycles. The number of methoxy groups -OCH3 is 1. The first-order valence-electron chi connectivity index (χ1n) is 6.67. The zero-order chi connectivity index (χ0) is 14.4. The summed E-state index contributed by atoms with van der Waals surface area (Å²) >= 11 is 0. The largest absolute Gasteiger partial charge is 0.389 e. The van der Waals surface area contributed by atoms with E-state index in [-0.39, 0.29) is 5.82 Å². The number of benzene rings is 1. The molecule has 1 N–H and O–H groups in total. The second-order valence-corrected chi connectivity index (χ2v) is 5.22. The van der Waals surface area contributed by atoms with Gasteiger partial charge >= 0.3 is 0 Å². The summed E-state index contributed by atoms with van der Waals surface area (Å²) in [6.45, 7) is 7.81. The van der Waals surface area contributed by atoms with Crippen molar-refractivity contribution in [3.8, 4) is 0 Å². The van der Waals surface area contributed by atoms with Crippen LogP contribution in [0.3, 0.4) is 0 Å². The smallest absolute Gasteiger partial charge is 0.146 e. The van der Waals surface area contributed by atoms with E-state index in [1.807, 2.05) is 4.90 Å². The Balaban J connectivity index is 2.94. The first kappa shape index (κ1) is 15.9. The van der Waals surface area contributed by atoms with Crippen LogP contribution >= 0.6 is 0 Å². The average Bonchev–Trinajstić information content (AvgIpc) is 2.34. The first-order chi connectivity index (χ1) is 8.95. The normalized spacial score (nSPS) is 12.8. The van der Waals surface area contributed by atoms with Crippen LogP contribution in [0.25, 0.3) is 0 Å². The van der Waals surface area contributed by atoms with E-state index in [4.69, 9.17) is 4.74 Å². The molecule has 0 aliphatic rings. The molecule has 0 fully saturated rings. The van der Waals surface area contributed by atoms with Crippen molar-refractivity contribution in [3.05, 3.63) is 29.6 Å². The highest BCUT2D eigenvalue weighted by atomic mass is 19.1. The molecule has 1 unspecified atom stereocenters. The lowest BCUT2D eigenvalue weighted by Crippen LogP contribution is -2.31. The van der Waals surface area contributed by atoms with Crippen molar-refractivity contribution < 1.29 is 14.2 Å². The summed E-state index contributed by atoms with van der Waals surface area (Å²) in [6.07, 6.45) is -0.652. The molecule has 0 spiro atoms. The molecule has 0 aromatic heterocycles. The fourth-order valence-corrected chi connectivity index (χ4v) is 1.99. The van der Waals surface area contributed by atoms with E-state index in [0.717, 1.165) is 6.54 Å². The Labute approximate surface area is 115 Å². The Morgan fingerprint density at radius 2 is 2.00 bits per heavy atom. The molecule has 0 amide bonds. The van der Waals surface area contributed by atoms with Crippen molar-refractivity contribution in [2.75, 3.05) is 31.7 Å². The van der Waals surface area contributed by atoms with Crippen LogP contribution < -0.4 is 4.90 Å². The molecular weight excluding hydrogens is 245 g/mol. The number of anilines is 1. The van der Waals surface area contributed by atoms with Crippen molar-refractivity contribution in [1.29, 1.82) is 0 Å². The second-order valence-electron chi connectivity index (χ2n) is 5.22. The molecule has 1 aromatic rings. The molecular formula is C15H24FNO2. The van der Waals surface area contributed by atoms with Gasteiger partial charge in [-0.25, -0.2) is 4.39 Å². The fraction of sp³-hybridized carbons (Fsp3) is 0.600. The number of halogens is 1. The molecule has 1 rings (SSSR count). The Morgan fingerprint density at radius 3 is 2.47 bits per heavy atom. The Hall–Kier alpha value is -1.13. The minimum atomic E-state index is -0.652. The van der Waals surface area contributed by atoms with Gasteiger partial charge in [-0.05, 0) is 30.5 Å². The van der Waals surface area contributed by atoms with Gasteiger partial charge in [0.05, 0.1) is 18.4 Å². The number of aliphatic hydroxyl groups excluding tert-OH is 1. The Bertz CT molecular complexity index is 394. The maximum atomic E-state index is 14.1. The molecule has 3 nitrogen and oxygen atoms in total. The quantitative estimate of drug-likeness (QED) is 0.826.